The number of halogens is 2. The largest absolute Gasteiger partial charge is 0.359 e. The summed E-state index contributed by atoms with van der Waals surface area (Å²) in [5.74, 6) is 1.62. The highest BCUT2D eigenvalue weighted by molar-refractivity contribution is 14.0. The van der Waals surface area contributed by atoms with Crippen LogP contribution in [-0.4, -0.2) is 32.4 Å². The molecule has 0 unspecified atom stereocenters. The molecule has 0 amide bonds. The van der Waals surface area contributed by atoms with Gasteiger partial charge in [-0.15, -0.1) is 35.7 Å². The van der Waals surface area contributed by atoms with Gasteiger partial charge >= 0.3 is 0 Å². The van der Waals surface area contributed by atoms with Crippen LogP contribution in [0.3, 0.4) is 0 Å². The average Bonchev–Trinajstić information content (AvgIpc) is 2.36. The molecule has 102 valence electrons. The van der Waals surface area contributed by atoms with Crippen LogP contribution in [0.25, 0.3) is 0 Å². The van der Waals surface area contributed by atoms with Crippen molar-refractivity contribution < 1.29 is 4.39 Å². The standard InChI is InChI=1S/C12H18FN3S.HI/c1-14-12(15-2)16-8-3-9-17-11-6-4-10(13)5-7-11;/h4-7H,3,8-9H2,1-2H3,(H2,14,15,16);1H. The molecule has 1 rings (SSSR count). The van der Waals surface area contributed by atoms with Gasteiger partial charge in [0.05, 0.1) is 0 Å². The molecule has 6 heteroatoms. The van der Waals surface area contributed by atoms with Crippen molar-refractivity contribution in [2.45, 2.75) is 11.3 Å². The van der Waals surface area contributed by atoms with Crippen molar-refractivity contribution in [2.24, 2.45) is 4.99 Å². The SMILES string of the molecule is CN=C(NC)NCCCSc1ccc(F)cc1.I. The molecule has 0 aromatic heterocycles. The normalized spacial score (nSPS) is 10.7. The number of thioether (sulfide) groups is 1. The molecule has 0 spiro atoms. The fraction of sp³-hybridized carbons (Fsp3) is 0.417. The molecule has 1 aromatic carbocycles. The van der Waals surface area contributed by atoms with E-state index in [1.165, 1.54) is 12.1 Å². The molecule has 0 aliphatic heterocycles. The van der Waals surface area contributed by atoms with Crippen LogP contribution >= 0.6 is 35.7 Å². The number of hydrogen-bond acceptors (Lipinski definition) is 2. The molecular formula is C12H19FIN3S. The molecule has 18 heavy (non-hydrogen) atoms. The summed E-state index contributed by atoms with van der Waals surface area (Å²) < 4.78 is 12.7. The minimum absolute atomic E-state index is 0. The zero-order valence-electron chi connectivity index (χ0n) is 10.6. The van der Waals surface area contributed by atoms with Crippen LogP contribution in [-0.2, 0) is 0 Å². The van der Waals surface area contributed by atoms with Gasteiger partial charge < -0.3 is 10.6 Å². The monoisotopic (exact) mass is 383 g/mol. The molecule has 0 atom stereocenters. The number of rotatable bonds is 5. The molecule has 0 aliphatic carbocycles. The van der Waals surface area contributed by atoms with Crippen molar-refractivity contribution in [1.82, 2.24) is 10.6 Å². The van der Waals surface area contributed by atoms with Crippen LogP contribution in [0.15, 0.2) is 34.2 Å². The van der Waals surface area contributed by atoms with Gasteiger partial charge in [-0.2, -0.15) is 0 Å². The molecule has 3 nitrogen and oxygen atoms in total. The van der Waals surface area contributed by atoms with Gasteiger partial charge in [-0.1, -0.05) is 0 Å². The van der Waals surface area contributed by atoms with E-state index in [4.69, 9.17) is 0 Å². The van der Waals surface area contributed by atoms with Crippen LogP contribution < -0.4 is 10.6 Å². The molecule has 0 aliphatic rings. The first kappa shape index (κ1) is 17.5. The lowest BCUT2D eigenvalue weighted by Crippen LogP contribution is -2.35. The highest BCUT2D eigenvalue weighted by Gasteiger charge is 1.96. The molecular weight excluding hydrogens is 364 g/mol. The summed E-state index contributed by atoms with van der Waals surface area (Å²) >= 11 is 1.73. The third kappa shape index (κ3) is 7.05. The van der Waals surface area contributed by atoms with Gasteiger partial charge in [-0.3, -0.25) is 4.99 Å². The minimum atomic E-state index is -0.186. The fourth-order valence-corrected chi connectivity index (χ4v) is 2.13. The van der Waals surface area contributed by atoms with Crippen molar-refractivity contribution in [2.75, 3.05) is 26.4 Å². The second-order valence-corrected chi connectivity index (χ2v) is 4.57. The van der Waals surface area contributed by atoms with Crippen molar-refractivity contribution in [3.8, 4) is 0 Å². The van der Waals surface area contributed by atoms with Gasteiger partial charge in [-0.25, -0.2) is 4.39 Å². The van der Waals surface area contributed by atoms with Gasteiger partial charge in [0.1, 0.15) is 5.82 Å². The van der Waals surface area contributed by atoms with Gasteiger partial charge in [0.2, 0.25) is 0 Å². The third-order valence-electron chi connectivity index (χ3n) is 2.16. The predicted octanol–water partition coefficient (Wildman–Crippen LogP) is 2.72. The lowest BCUT2D eigenvalue weighted by molar-refractivity contribution is 0.626. The Labute approximate surface area is 129 Å². The Kier molecular flexibility index (Phi) is 10.1. The Hall–Kier alpha value is -0.500. The Bertz CT molecular complexity index is 357. The molecule has 0 radical (unpaired) electrons. The summed E-state index contributed by atoms with van der Waals surface area (Å²) in [5.41, 5.74) is 0. The number of benzene rings is 1. The van der Waals surface area contributed by atoms with Crippen molar-refractivity contribution in [1.29, 1.82) is 0 Å². The van der Waals surface area contributed by atoms with E-state index in [9.17, 15) is 4.39 Å². The van der Waals surface area contributed by atoms with Crippen LogP contribution in [0.1, 0.15) is 6.42 Å². The highest BCUT2D eigenvalue weighted by Crippen LogP contribution is 2.18. The Morgan fingerprint density at radius 1 is 1.33 bits per heavy atom. The van der Waals surface area contributed by atoms with Gasteiger partial charge in [0.15, 0.2) is 5.96 Å². The third-order valence-corrected chi connectivity index (χ3v) is 3.25. The number of nitrogens with one attached hydrogen (secondary N) is 2. The van der Waals surface area contributed by atoms with Crippen molar-refractivity contribution >= 4 is 41.7 Å². The van der Waals surface area contributed by atoms with E-state index in [1.54, 1.807) is 30.9 Å². The molecule has 0 heterocycles. The van der Waals surface area contributed by atoms with E-state index in [-0.39, 0.29) is 29.8 Å². The summed E-state index contributed by atoms with van der Waals surface area (Å²) in [4.78, 5) is 5.12. The summed E-state index contributed by atoms with van der Waals surface area (Å²) in [6, 6.07) is 6.59. The smallest absolute Gasteiger partial charge is 0.190 e. The van der Waals surface area contributed by atoms with Crippen LogP contribution in [0, 0.1) is 5.82 Å². The van der Waals surface area contributed by atoms with E-state index < -0.39 is 0 Å². The number of nitrogens with zero attached hydrogens (tertiary/aromatic N) is 1. The molecule has 0 bridgehead atoms. The van der Waals surface area contributed by atoms with Gasteiger partial charge in [0.25, 0.3) is 0 Å². The zero-order chi connectivity index (χ0) is 12.5. The molecule has 2 N–H and O–H groups in total. The lowest BCUT2D eigenvalue weighted by atomic mass is 10.4. The average molecular weight is 383 g/mol. The second-order valence-electron chi connectivity index (χ2n) is 3.40. The highest BCUT2D eigenvalue weighted by atomic mass is 127. The minimum Gasteiger partial charge on any atom is -0.359 e. The molecule has 0 fully saturated rings. The van der Waals surface area contributed by atoms with E-state index in [2.05, 4.69) is 15.6 Å². The number of aliphatic imine (C=N–C) groups is 1. The Morgan fingerprint density at radius 3 is 2.56 bits per heavy atom. The first-order valence-corrected chi connectivity index (χ1v) is 6.51. The number of guanidine groups is 1. The van der Waals surface area contributed by atoms with E-state index in [0.29, 0.717) is 0 Å². The maximum absolute atomic E-state index is 12.7. The lowest BCUT2D eigenvalue weighted by Gasteiger charge is -2.07. The van der Waals surface area contributed by atoms with E-state index >= 15 is 0 Å². The van der Waals surface area contributed by atoms with Crippen LogP contribution in [0.2, 0.25) is 0 Å². The van der Waals surface area contributed by atoms with Gasteiger partial charge in [-0.05, 0) is 36.4 Å². The fourth-order valence-electron chi connectivity index (χ4n) is 1.28. The summed E-state index contributed by atoms with van der Waals surface area (Å²) in [7, 11) is 3.58. The summed E-state index contributed by atoms with van der Waals surface area (Å²) in [6.45, 7) is 0.877. The maximum Gasteiger partial charge on any atom is 0.190 e. The summed E-state index contributed by atoms with van der Waals surface area (Å²) in [5, 5.41) is 6.14. The van der Waals surface area contributed by atoms with E-state index in [0.717, 1.165) is 29.6 Å². The molecule has 0 saturated carbocycles. The Balaban J connectivity index is 0.00000289. The Morgan fingerprint density at radius 2 is 2.00 bits per heavy atom. The first-order chi connectivity index (χ1) is 8.26. The van der Waals surface area contributed by atoms with E-state index in [1.807, 2.05) is 7.05 Å². The first-order valence-electron chi connectivity index (χ1n) is 5.53. The quantitative estimate of drug-likeness (QED) is 0.270. The van der Waals surface area contributed by atoms with Crippen LogP contribution in [0.4, 0.5) is 4.39 Å². The molecule has 0 saturated heterocycles. The second kappa shape index (κ2) is 10.4. The number of hydrogen-bond donors (Lipinski definition) is 2. The predicted molar refractivity (Wildman–Crippen MR) is 87.6 cm³/mol. The van der Waals surface area contributed by atoms with Crippen LogP contribution in [0.5, 0.6) is 0 Å². The summed E-state index contributed by atoms with van der Waals surface area (Å²) in [6.07, 6.45) is 1.03. The maximum atomic E-state index is 12.7. The molecule has 1 aromatic rings. The van der Waals surface area contributed by atoms with Crippen molar-refractivity contribution in [3.05, 3.63) is 30.1 Å². The van der Waals surface area contributed by atoms with Crippen molar-refractivity contribution in [3.63, 3.8) is 0 Å². The van der Waals surface area contributed by atoms with Gasteiger partial charge in [0, 0.05) is 25.5 Å². The topological polar surface area (TPSA) is 36.4 Å². The zero-order valence-corrected chi connectivity index (χ0v) is 13.7.